The van der Waals surface area contributed by atoms with Crippen molar-refractivity contribution in [3.8, 4) is 0 Å². The van der Waals surface area contributed by atoms with Gasteiger partial charge in [-0.3, -0.25) is 4.79 Å². The van der Waals surface area contributed by atoms with Crippen molar-refractivity contribution in [2.24, 2.45) is 5.41 Å². The topological polar surface area (TPSA) is 78.9 Å². The van der Waals surface area contributed by atoms with Crippen molar-refractivity contribution in [1.29, 1.82) is 0 Å². The van der Waals surface area contributed by atoms with Crippen molar-refractivity contribution in [1.82, 2.24) is 10.2 Å². The molecule has 6 heteroatoms. The van der Waals surface area contributed by atoms with E-state index in [1.165, 1.54) is 0 Å². The van der Waals surface area contributed by atoms with Crippen LogP contribution in [-0.4, -0.2) is 54.9 Å². The van der Waals surface area contributed by atoms with Gasteiger partial charge in [0.25, 0.3) is 0 Å². The van der Waals surface area contributed by atoms with Gasteiger partial charge < -0.3 is 20.1 Å². The van der Waals surface area contributed by atoms with Gasteiger partial charge >= 0.3 is 12.0 Å². The lowest BCUT2D eigenvalue weighted by Gasteiger charge is -2.26. The number of hydrogen-bond acceptors (Lipinski definition) is 3. The zero-order chi connectivity index (χ0) is 14.9. The highest BCUT2D eigenvalue weighted by Crippen LogP contribution is 2.19. The first kappa shape index (κ1) is 17.7. The summed E-state index contributed by atoms with van der Waals surface area (Å²) in [6, 6.07) is -0.247. The molecule has 0 bridgehead atoms. The number of hydrogen-bond donors (Lipinski definition) is 2. The molecule has 0 aliphatic heterocycles. The molecule has 0 spiro atoms. The molecule has 0 radical (unpaired) electrons. The number of nitrogens with one attached hydrogen (secondary N) is 1. The molecule has 0 saturated heterocycles. The van der Waals surface area contributed by atoms with Crippen LogP contribution in [0.2, 0.25) is 0 Å². The maximum Gasteiger partial charge on any atom is 0.317 e. The van der Waals surface area contributed by atoms with Gasteiger partial charge in [0.1, 0.15) is 0 Å². The minimum Gasteiger partial charge on any atom is -0.481 e. The first-order valence-corrected chi connectivity index (χ1v) is 6.75. The predicted molar refractivity (Wildman–Crippen MR) is 73.2 cm³/mol. The second-order valence-electron chi connectivity index (χ2n) is 4.65. The fourth-order valence-electron chi connectivity index (χ4n) is 1.46. The number of carboxylic acids is 1. The molecule has 112 valence electrons. The van der Waals surface area contributed by atoms with E-state index in [1.54, 1.807) is 18.7 Å². The van der Waals surface area contributed by atoms with Gasteiger partial charge in [-0.2, -0.15) is 0 Å². The molecule has 0 aromatic carbocycles. The second-order valence-corrected chi connectivity index (χ2v) is 4.65. The van der Waals surface area contributed by atoms with Gasteiger partial charge in [0.05, 0.1) is 12.0 Å². The van der Waals surface area contributed by atoms with Gasteiger partial charge in [-0.1, -0.05) is 6.92 Å². The van der Waals surface area contributed by atoms with Gasteiger partial charge in [0.2, 0.25) is 0 Å². The lowest BCUT2D eigenvalue weighted by Crippen LogP contribution is -2.47. The molecule has 19 heavy (non-hydrogen) atoms. The maximum atomic E-state index is 11.9. The number of likely N-dealkylation sites (N-methyl/N-ethyl adjacent to an activating group) is 1. The number of urea groups is 1. The summed E-state index contributed by atoms with van der Waals surface area (Å²) < 4.78 is 5.21. The third-order valence-corrected chi connectivity index (χ3v) is 3.31. The number of aliphatic carboxylic acids is 1. The van der Waals surface area contributed by atoms with E-state index in [0.717, 1.165) is 0 Å². The monoisotopic (exact) mass is 274 g/mol. The van der Waals surface area contributed by atoms with Crippen LogP contribution in [0.25, 0.3) is 0 Å². The molecular formula is C13H26N2O4. The Labute approximate surface area is 115 Å². The number of carbonyl (C=O) groups excluding carboxylic acids is 1. The molecule has 1 atom stereocenters. The Morgan fingerprint density at radius 1 is 1.32 bits per heavy atom. The summed E-state index contributed by atoms with van der Waals surface area (Å²) in [4.78, 5) is 24.7. The average molecular weight is 274 g/mol. The molecule has 1 unspecified atom stereocenters. The third-order valence-electron chi connectivity index (χ3n) is 3.31. The Hall–Kier alpha value is -1.30. The van der Waals surface area contributed by atoms with Crippen LogP contribution in [0.4, 0.5) is 4.79 Å². The van der Waals surface area contributed by atoms with Gasteiger partial charge in [-0.05, 0) is 27.2 Å². The zero-order valence-electron chi connectivity index (χ0n) is 12.4. The standard InChI is InChI=1S/C13H26N2O4/c1-5-13(4,11(16)17)10-14-12(18)15(6-2)8-9-19-7-3/h5-10H2,1-4H3,(H,14,18)(H,16,17). The fraction of sp³-hybridized carbons (Fsp3) is 0.846. The van der Waals surface area contributed by atoms with Crippen LogP contribution in [0.5, 0.6) is 0 Å². The molecule has 2 N–H and O–H groups in total. The lowest BCUT2D eigenvalue weighted by atomic mass is 9.88. The predicted octanol–water partition coefficient (Wildman–Crippen LogP) is 1.56. The summed E-state index contributed by atoms with van der Waals surface area (Å²) >= 11 is 0. The lowest BCUT2D eigenvalue weighted by molar-refractivity contribution is -0.147. The van der Waals surface area contributed by atoms with E-state index in [-0.39, 0.29) is 12.6 Å². The number of nitrogens with zero attached hydrogens (tertiary/aromatic N) is 1. The van der Waals surface area contributed by atoms with E-state index in [4.69, 9.17) is 9.84 Å². The molecule has 0 saturated carbocycles. The van der Waals surface area contributed by atoms with Crippen molar-refractivity contribution in [3.05, 3.63) is 0 Å². The van der Waals surface area contributed by atoms with Gasteiger partial charge in [0.15, 0.2) is 0 Å². The van der Waals surface area contributed by atoms with E-state index in [2.05, 4.69) is 5.32 Å². The molecule has 0 fully saturated rings. The Morgan fingerprint density at radius 2 is 1.95 bits per heavy atom. The molecule has 0 aliphatic carbocycles. The highest BCUT2D eigenvalue weighted by Gasteiger charge is 2.31. The second kappa shape index (κ2) is 8.74. The molecule has 0 aromatic heterocycles. The minimum absolute atomic E-state index is 0.128. The highest BCUT2D eigenvalue weighted by atomic mass is 16.5. The zero-order valence-corrected chi connectivity index (χ0v) is 12.4. The maximum absolute atomic E-state index is 11.9. The summed E-state index contributed by atoms with van der Waals surface area (Å²) in [6.07, 6.45) is 0.466. The van der Waals surface area contributed by atoms with Crippen molar-refractivity contribution in [3.63, 3.8) is 0 Å². The van der Waals surface area contributed by atoms with E-state index >= 15 is 0 Å². The van der Waals surface area contributed by atoms with Crippen LogP contribution in [0, 0.1) is 5.41 Å². The van der Waals surface area contributed by atoms with E-state index < -0.39 is 11.4 Å². The van der Waals surface area contributed by atoms with Crippen molar-refractivity contribution >= 4 is 12.0 Å². The van der Waals surface area contributed by atoms with E-state index in [1.807, 2.05) is 13.8 Å². The third kappa shape index (κ3) is 5.92. The van der Waals surface area contributed by atoms with Crippen LogP contribution >= 0.6 is 0 Å². The first-order chi connectivity index (χ1) is 8.91. The fourth-order valence-corrected chi connectivity index (χ4v) is 1.46. The molecule has 6 nitrogen and oxygen atoms in total. The smallest absolute Gasteiger partial charge is 0.317 e. The molecule has 0 rings (SSSR count). The summed E-state index contributed by atoms with van der Waals surface area (Å²) in [5, 5.41) is 11.8. The number of ether oxygens (including phenoxy) is 1. The summed E-state index contributed by atoms with van der Waals surface area (Å²) in [5.74, 6) is -0.896. The first-order valence-electron chi connectivity index (χ1n) is 6.75. The molecule has 2 amide bonds. The average Bonchev–Trinajstić information content (AvgIpc) is 2.40. The van der Waals surface area contributed by atoms with Crippen molar-refractivity contribution in [2.75, 3.05) is 32.8 Å². The van der Waals surface area contributed by atoms with Crippen LogP contribution in [0.3, 0.4) is 0 Å². The normalized spacial score (nSPS) is 13.7. The van der Waals surface area contributed by atoms with Crippen LogP contribution in [-0.2, 0) is 9.53 Å². The van der Waals surface area contributed by atoms with Crippen LogP contribution in [0.15, 0.2) is 0 Å². The van der Waals surface area contributed by atoms with E-state index in [9.17, 15) is 9.59 Å². The number of rotatable bonds is 9. The molecule has 0 aliphatic rings. The molecule has 0 heterocycles. The van der Waals surface area contributed by atoms with Crippen LogP contribution < -0.4 is 5.32 Å². The molecule has 0 aromatic rings. The number of carboxylic acid groups (broad SMARTS) is 1. The van der Waals surface area contributed by atoms with Crippen LogP contribution in [0.1, 0.15) is 34.1 Å². The molecular weight excluding hydrogens is 248 g/mol. The summed E-state index contributed by atoms with van der Waals surface area (Å²) in [7, 11) is 0. The Balaban J connectivity index is 4.29. The number of amides is 2. The van der Waals surface area contributed by atoms with E-state index in [0.29, 0.717) is 32.7 Å². The summed E-state index contributed by atoms with van der Waals surface area (Å²) in [5.41, 5.74) is -0.922. The Kier molecular flexibility index (Phi) is 8.14. The summed E-state index contributed by atoms with van der Waals surface area (Å²) in [6.45, 7) is 9.51. The van der Waals surface area contributed by atoms with Crippen molar-refractivity contribution < 1.29 is 19.4 Å². The Morgan fingerprint density at radius 3 is 2.37 bits per heavy atom. The van der Waals surface area contributed by atoms with Gasteiger partial charge in [-0.15, -0.1) is 0 Å². The van der Waals surface area contributed by atoms with Crippen molar-refractivity contribution in [2.45, 2.75) is 34.1 Å². The minimum atomic E-state index is -0.922. The quantitative estimate of drug-likeness (QED) is 0.625. The Bertz CT molecular complexity index is 296. The highest BCUT2D eigenvalue weighted by molar-refractivity contribution is 5.77. The SMILES string of the molecule is CCOCCN(CC)C(=O)NCC(C)(CC)C(=O)O. The van der Waals surface area contributed by atoms with Gasteiger partial charge in [0, 0.05) is 26.2 Å². The number of carbonyl (C=O) groups is 2. The van der Waals surface area contributed by atoms with Gasteiger partial charge in [-0.25, -0.2) is 4.79 Å². The largest absolute Gasteiger partial charge is 0.481 e.